The van der Waals surface area contributed by atoms with Crippen molar-refractivity contribution in [1.29, 1.82) is 0 Å². The number of carbonyl (C=O) groups excluding carboxylic acids is 1. The van der Waals surface area contributed by atoms with Crippen molar-refractivity contribution in [2.75, 3.05) is 0 Å². The molecule has 130 valence electrons. The summed E-state index contributed by atoms with van der Waals surface area (Å²) in [6.45, 7) is 2.19. The number of carbonyl (C=O) groups is 3. The topological polar surface area (TPSA) is 104 Å². The number of nitrogens with one attached hydrogen (secondary N) is 1. The van der Waals surface area contributed by atoms with Gasteiger partial charge in [0.1, 0.15) is 6.04 Å². The molecule has 0 bridgehead atoms. The van der Waals surface area contributed by atoms with Crippen molar-refractivity contribution in [2.45, 2.75) is 83.6 Å². The van der Waals surface area contributed by atoms with Crippen molar-refractivity contribution in [2.24, 2.45) is 0 Å². The van der Waals surface area contributed by atoms with Crippen LogP contribution in [-0.4, -0.2) is 85.5 Å². The van der Waals surface area contributed by atoms with Crippen LogP contribution in [0.4, 0.5) is 0 Å². The summed E-state index contributed by atoms with van der Waals surface area (Å²) in [5, 5.41) is 19.7. The fourth-order valence-electron chi connectivity index (χ4n) is 2.24. The molecule has 1 atom stereocenters. The van der Waals surface area contributed by atoms with Gasteiger partial charge in [-0.15, -0.1) is 0 Å². The van der Waals surface area contributed by atoms with Crippen LogP contribution in [0.25, 0.3) is 0 Å². The second-order valence-electron chi connectivity index (χ2n) is 5.63. The molecule has 7 heteroatoms. The molecule has 0 saturated carbocycles. The molecule has 6 nitrogen and oxygen atoms in total. The van der Waals surface area contributed by atoms with E-state index in [4.69, 9.17) is 10.2 Å². The predicted octanol–water partition coefficient (Wildman–Crippen LogP) is 2.30. The molecule has 0 rings (SSSR count). The first-order valence-corrected chi connectivity index (χ1v) is 8.21. The molecule has 0 fully saturated rings. The van der Waals surface area contributed by atoms with E-state index in [0.29, 0.717) is 6.42 Å². The van der Waals surface area contributed by atoms with Gasteiger partial charge in [0.25, 0.3) is 0 Å². The first kappa shape index (κ1) is 25.3. The van der Waals surface area contributed by atoms with Crippen LogP contribution in [0, 0.1) is 0 Å². The van der Waals surface area contributed by atoms with Crippen molar-refractivity contribution in [3.63, 3.8) is 0 Å². The number of unbranched alkanes of at least 4 members (excludes halogenated alkanes) is 8. The molecule has 0 aliphatic heterocycles. The molecule has 0 aliphatic carbocycles. The molecule has 0 aromatic carbocycles. The average molecular weight is 356 g/mol. The van der Waals surface area contributed by atoms with E-state index in [9.17, 15) is 14.4 Å². The van der Waals surface area contributed by atoms with E-state index < -0.39 is 30.3 Å². The molecule has 0 aromatic rings. The number of carboxylic acids is 2. The van der Waals surface area contributed by atoms with E-state index in [-0.39, 0.29) is 57.8 Å². The van der Waals surface area contributed by atoms with Crippen molar-refractivity contribution < 1.29 is 24.6 Å². The van der Waals surface area contributed by atoms with Crippen molar-refractivity contribution in [1.82, 2.24) is 5.32 Å². The van der Waals surface area contributed by atoms with E-state index in [0.717, 1.165) is 12.8 Å². The van der Waals surface area contributed by atoms with Crippen LogP contribution < -0.4 is 5.32 Å². The number of amides is 1. The van der Waals surface area contributed by atoms with Gasteiger partial charge in [0, 0.05) is 6.42 Å². The molecule has 0 radical (unpaired) electrons. The van der Waals surface area contributed by atoms with Crippen LogP contribution in [0.2, 0.25) is 0 Å². The molecule has 3 N–H and O–H groups in total. The van der Waals surface area contributed by atoms with E-state index in [1.807, 2.05) is 0 Å². The Kier molecular flexibility index (Phi) is 18.6. The predicted molar refractivity (Wildman–Crippen MR) is 90.8 cm³/mol. The van der Waals surface area contributed by atoms with Gasteiger partial charge in [-0.05, 0) is 6.42 Å². The third-order valence-corrected chi connectivity index (χ3v) is 3.52. The third kappa shape index (κ3) is 16.7. The number of carboxylic acid groups (broad SMARTS) is 2. The molecular weight excluding hydrogens is 325 g/mol. The van der Waals surface area contributed by atoms with Gasteiger partial charge in [-0.25, -0.2) is 4.79 Å². The first-order chi connectivity index (χ1) is 10.5. The fourth-order valence-corrected chi connectivity index (χ4v) is 2.24. The molecule has 0 saturated heterocycles. The van der Waals surface area contributed by atoms with Gasteiger partial charge in [-0.2, -0.15) is 0 Å². The Bertz CT molecular complexity index is 349. The van der Waals surface area contributed by atoms with Crippen LogP contribution >= 0.6 is 0 Å². The van der Waals surface area contributed by atoms with Crippen molar-refractivity contribution in [3.05, 3.63) is 0 Å². The summed E-state index contributed by atoms with van der Waals surface area (Å²) in [6.07, 6.45) is 9.87. The summed E-state index contributed by atoms with van der Waals surface area (Å²) in [5.41, 5.74) is 0. The van der Waals surface area contributed by atoms with Crippen molar-refractivity contribution in [3.8, 4) is 0 Å². The van der Waals surface area contributed by atoms with Gasteiger partial charge in [-0.1, -0.05) is 58.3 Å². The standard InChI is InChI=1S/C16H29NO5.K.H/c1-2-3-4-5-6-7-8-9-10-11-14(18)17-13(16(21)22)12-15(19)20;;/h13H,2-12H2,1H3,(H,17,18)(H,19,20)(H,21,22);;/t13-;;/m0../s1. The average Bonchev–Trinajstić information content (AvgIpc) is 2.44. The van der Waals surface area contributed by atoms with E-state index in [2.05, 4.69) is 12.2 Å². The Hall–Kier alpha value is 0.0464. The molecule has 0 aromatic heterocycles. The Labute approximate surface area is 181 Å². The molecule has 1 amide bonds. The molecule has 0 unspecified atom stereocenters. The van der Waals surface area contributed by atoms with Gasteiger partial charge in [0.2, 0.25) is 5.91 Å². The maximum atomic E-state index is 11.6. The second-order valence-corrected chi connectivity index (χ2v) is 5.63. The zero-order chi connectivity index (χ0) is 16.8. The molecule has 0 heterocycles. The number of aliphatic carboxylic acids is 2. The minimum atomic E-state index is -1.34. The third-order valence-electron chi connectivity index (χ3n) is 3.52. The van der Waals surface area contributed by atoms with Crippen molar-refractivity contribution >= 4 is 69.2 Å². The first-order valence-electron chi connectivity index (χ1n) is 8.21. The number of hydrogen-bond acceptors (Lipinski definition) is 3. The summed E-state index contributed by atoms with van der Waals surface area (Å²) in [7, 11) is 0. The van der Waals surface area contributed by atoms with Crippen LogP contribution in [0.1, 0.15) is 77.6 Å². The maximum absolute atomic E-state index is 11.6. The van der Waals surface area contributed by atoms with Gasteiger partial charge in [0.05, 0.1) is 6.42 Å². The van der Waals surface area contributed by atoms with E-state index in [1.54, 1.807) is 0 Å². The van der Waals surface area contributed by atoms with Gasteiger partial charge < -0.3 is 15.5 Å². The van der Waals surface area contributed by atoms with E-state index in [1.165, 1.54) is 38.5 Å². The molecule has 0 aliphatic rings. The summed E-state index contributed by atoms with van der Waals surface area (Å²) >= 11 is 0. The quantitative estimate of drug-likeness (QED) is 0.328. The minimum absolute atomic E-state index is 0. The molecule has 23 heavy (non-hydrogen) atoms. The van der Waals surface area contributed by atoms with Crippen LogP contribution in [-0.2, 0) is 14.4 Å². The number of hydrogen-bond donors (Lipinski definition) is 3. The van der Waals surface area contributed by atoms with Gasteiger partial charge >= 0.3 is 63.3 Å². The summed E-state index contributed by atoms with van der Waals surface area (Å²) in [5.74, 6) is -2.95. The second kappa shape index (κ2) is 16.9. The Balaban J connectivity index is 0. The molecular formula is C16H30KNO5. The Morgan fingerprint density at radius 2 is 1.35 bits per heavy atom. The zero-order valence-corrected chi connectivity index (χ0v) is 13.5. The summed E-state index contributed by atoms with van der Waals surface area (Å²) in [4.78, 5) is 32.9. The van der Waals surface area contributed by atoms with Gasteiger partial charge in [0.15, 0.2) is 0 Å². The SMILES string of the molecule is CCCCCCCCCCCC(=O)N[C@@H](CC(=O)O)C(=O)O.[KH]. The summed E-state index contributed by atoms with van der Waals surface area (Å²) < 4.78 is 0. The van der Waals surface area contributed by atoms with Crippen LogP contribution in [0.15, 0.2) is 0 Å². The fraction of sp³-hybridized carbons (Fsp3) is 0.812. The molecule has 0 spiro atoms. The summed E-state index contributed by atoms with van der Waals surface area (Å²) in [6, 6.07) is -1.34. The van der Waals surface area contributed by atoms with Gasteiger partial charge in [-0.3, -0.25) is 9.59 Å². The normalized spacial score (nSPS) is 11.3. The van der Waals surface area contributed by atoms with Crippen LogP contribution in [0.5, 0.6) is 0 Å². The number of rotatable bonds is 14. The Morgan fingerprint density at radius 3 is 1.78 bits per heavy atom. The van der Waals surface area contributed by atoms with E-state index >= 15 is 0 Å². The monoisotopic (exact) mass is 355 g/mol. The zero-order valence-electron chi connectivity index (χ0n) is 13.5. The van der Waals surface area contributed by atoms with Crippen LogP contribution in [0.3, 0.4) is 0 Å². The Morgan fingerprint density at radius 1 is 0.870 bits per heavy atom.